The molecule has 1 fully saturated rings. The Labute approximate surface area is 142 Å². The molecule has 1 aliphatic rings. The first-order valence-corrected chi connectivity index (χ1v) is 9.22. The summed E-state index contributed by atoms with van der Waals surface area (Å²) in [4.78, 5) is 12.0. The number of anilines is 2. The molecule has 1 aromatic carbocycles. The van der Waals surface area contributed by atoms with Crippen molar-refractivity contribution < 1.29 is 22.0 Å². The molecule has 0 radical (unpaired) electrons. The molecule has 0 aliphatic carbocycles. The third kappa shape index (κ3) is 4.27. The number of benzene rings is 1. The van der Waals surface area contributed by atoms with Gasteiger partial charge in [0.05, 0.1) is 11.5 Å². The first kappa shape index (κ1) is 17.2. The van der Waals surface area contributed by atoms with Crippen LogP contribution in [0.1, 0.15) is 16.9 Å². The number of carbonyl (C=O) groups excluding carboxylic acids is 1. The topological polar surface area (TPSA) is 101 Å². The Balaban J connectivity index is 1.63. The Morgan fingerprint density at radius 3 is 2.52 bits per heavy atom. The average Bonchev–Trinajstić information content (AvgIpc) is 2.90. The molecular formula is C15H14F2N4O3S. The Morgan fingerprint density at radius 2 is 1.92 bits per heavy atom. The van der Waals surface area contributed by atoms with Crippen molar-refractivity contribution in [3.05, 3.63) is 47.7 Å². The minimum Gasteiger partial charge on any atom is -0.365 e. The number of aromatic nitrogens is 2. The summed E-state index contributed by atoms with van der Waals surface area (Å²) >= 11 is 0. The molecule has 10 heteroatoms. The van der Waals surface area contributed by atoms with Crippen molar-refractivity contribution in [1.82, 2.24) is 10.2 Å². The van der Waals surface area contributed by atoms with E-state index in [1.807, 2.05) is 0 Å². The molecule has 1 amide bonds. The van der Waals surface area contributed by atoms with Gasteiger partial charge >= 0.3 is 0 Å². The molecule has 3 rings (SSSR count). The van der Waals surface area contributed by atoms with E-state index in [1.54, 1.807) is 0 Å². The molecule has 132 valence electrons. The Bertz CT molecular complexity index is 903. The highest BCUT2D eigenvalue weighted by Gasteiger charge is 2.28. The molecular weight excluding hydrogens is 354 g/mol. The van der Waals surface area contributed by atoms with E-state index < -0.39 is 27.4 Å². The maximum Gasteiger partial charge on any atom is 0.276 e. The maximum atomic E-state index is 13.1. The van der Waals surface area contributed by atoms with Crippen LogP contribution in [0.15, 0.2) is 30.3 Å². The Hall–Kier alpha value is -2.62. The first-order chi connectivity index (χ1) is 11.8. The van der Waals surface area contributed by atoms with Crippen LogP contribution in [0.25, 0.3) is 0 Å². The number of amides is 1. The van der Waals surface area contributed by atoms with Gasteiger partial charge in [-0.1, -0.05) is 0 Å². The van der Waals surface area contributed by atoms with Crippen LogP contribution in [0, 0.1) is 11.6 Å². The van der Waals surface area contributed by atoms with Crippen molar-refractivity contribution >= 4 is 27.2 Å². The summed E-state index contributed by atoms with van der Waals surface area (Å²) in [6.07, 6.45) is 0.488. The third-order valence-corrected chi connectivity index (χ3v) is 5.43. The van der Waals surface area contributed by atoms with Crippen LogP contribution < -0.4 is 10.6 Å². The minimum atomic E-state index is -3.01. The zero-order valence-electron chi connectivity index (χ0n) is 12.9. The molecule has 1 aromatic heterocycles. The van der Waals surface area contributed by atoms with Crippen molar-refractivity contribution in [3.8, 4) is 0 Å². The number of halogens is 2. The fourth-order valence-corrected chi connectivity index (χ4v) is 4.09. The fraction of sp³-hybridized carbons (Fsp3) is 0.267. The van der Waals surface area contributed by atoms with Crippen LogP contribution in [-0.4, -0.2) is 42.1 Å². The van der Waals surface area contributed by atoms with E-state index in [1.165, 1.54) is 18.2 Å². The van der Waals surface area contributed by atoms with Crippen molar-refractivity contribution in [3.63, 3.8) is 0 Å². The van der Waals surface area contributed by atoms with Gasteiger partial charge in [-0.2, -0.15) is 0 Å². The second kappa shape index (κ2) is 6.71. The second-order valence-electron chi connectivity index (χ2n) is 5.63. The highest BCUT2D eigenvalue weighted by atomic mass is 32.2. The Morgan fingerprint density at radius 1 is 1.12 bits per heavy atom. The summed E-state index contributed by atoms with van der Waals surface area (Å²) in [6.45, 7) is 0. The van der Waals surface area contributed by atoms with E-state index in [-0.39, 0.29) is 28.9 Å². The van der Waals surface area contributed by atoms with Crippen molar-refractivity contribution in [2.24, 2.45) is 0 Å². The van der Waals surface area contributed by atoms with Gasteiger partial charge in [-0.3, -0.25) is 4.79 Å². The molecule has 1 atom stereocenters. The van der Waals surface area contributed by atoms with Gasteiger partial charge in [-0.25, -0.2) is 17.2 Å². The monoisotopic (exact) mass is 368 g/mol. The number of carbonyl (C=O) groups is 1. The minimum absolute atomic E-state index is 0.0191. The summed E-state index contributed by atoms with van der Waals surface area (Å²) in [7, 11) is -3.01. The van der Waals surface area contributed by atoms with Gasteiger partial charge in [-0.05, 0) is 30.7 Å². The summed E-state index contributed by atoms with van der Waals surface area (Å²) in [5, 5.41) is 12.9. The lowest BCUT2D eigenvalue weighted by Crippen LogP contribution is -2.22. The zero-order chi connectivity index (χ0) is 18.0. The van der Waals surface area contributed by atoms with E-state index in [2.05, 4.69) is 20.8 Å². The molecule has 1 unspecified atom stereocenters. The van der Waals surface area contributed by atoms with Gasteiger partial charge in [0.1, 0.15) is 5.82 Å². The normalized spacial score (nSPS) is 18.7. The van der Waals surface area contributed by atoms with Gasteiger partial charge in [0.15, 0.2) is 27.2 Å². The number of hydrogen-bond acceptors (Lipinski definition) is 6. The fourth-order valence-electron chi connectivity index (χ4n) is 2.42. The average molecular weight is 368 g/mol. The first-order valence-electron chi connectivity index (χ1n) is 7.39. The predicted octanol–water partition coefficient (Wildman–Crippen LogP) is 1.61. The summed E-state index contributed by atoms with van der Waals surface area (Å²) in [5.41, 5.74) is 0.0680. The lowest BCUT2D eigenvalue weighted by Gasteiger charge is -2.11. The van der Waals surface area contributed by atoms with Crippen LogP contribution in [-0.2, 0) is 9.84 Å². The molecule has 1 aliphatic heterocycles. The van der Waals surface area contributed by atoms with Crippen LogP contribution in [0.4, 0.5) is 20.3 Å². The van der Waals surface area contributed by atoms with E-state index >= 15 is 0 Å². The van der Waals surface area contributed by atoms with Crippen molar-refractivity contribution in [2.45, 2.75) is 12.5 Å². The smallest absolute Gasteiger partial charge is 0.276 e. The number of rotatable bonds is 4. The summed E-state index contributed by atoms with van der Waals surface area (Å²) < 4.78 is 48.8. The summed E-state index contributed by atoms with van der Waals surface area (Å²) in [6, 6.07) is 5.64. The predicted molar refractivity (Wildman–Crippen MR) is 87.0 cm³/mol. The van der Waals surface area contributed by atoms with E-state index in [0.717, 1.165) is 12.1 Å². The number of nitrogens with zero attached hydrogens (tertiary/aromatic N) is 2. The van der Waals surface area contributed by atoms with E-state index in [0.29, 0.717) is 12.2 Å². The van der Waals surface area contributed by atoms with Gasteiger partial charge in [-0.15, -0.1) is 10.2 Å². The number of hydrogen-bond donors (Lipinski definition) is 2. The second-order valence-corrected chi connectivity index (χ2v) is 7.86. The number of sulfone groups is 1. The van der Waals surface area contributed by atoms with Crippen LogP contribution >= 0.6 is 0 Å². The SMILES string of the molecule is O=C(Nc1ccc(F)c(F)c1)c1ccc(NC2CCS(=O)(=O)C2)nn1. The third-order valence-electron chi connectivity index (χ3n) is 3.66. The van der Waals surface area contributed by atoms with Crippen LogP contribution in [0.2, 0.25) is 0 Å². The lowest BCUT2D eigenvalue weighted by atomic mass is 10.2. The standard InChI is InChI=1S/C15H14F2N4O3S/c16-11-2-1-9(7-12(11)17)19-15(22)13-3-4-14(21-20-13)18-10-5-6-25(23,24)8-10/h1-4,7,10H,5-6,8H2,(H,18,21)(H,19,22). The quantitative estimate of drug-likeness (QED) is 0.850. The molecule has 0 spiro atoms. The van der Waals surface area contributed by atoms with Gasteiger partial charge in [0, 0.05) is 17.8 Å². The van der Waals surface area contributed by atoms with E-state index in [4.69, 9.17) is 0 Å². The van der Waals surface area contributed by atoms with Gasteiger partial charge in [0.2, 0.25) is 0 Å². The molecule has 2 heterocycles. The zero-order valence-corrected chi connectivity index (χ0v) is 13.7. The molecule has 0 saturated carbocycles. The van der Waals surface area contributed by atoms with Crippen molar-refractivity contribution in [2.75, 3.05) is 22.1 Å². The summed E-state index contributed by atoms with van der Waals surface area (Å²) in [5.74, 6) is -2.20. The van der Waals surface area contributed by atoms with Crippen molar-refractivity contribution in [1.29, 1.82) is 0 Å². The van der Waals surface area contributed by atoms with Crippen LogP contribution in [0.3, 0.4) is 0 Å². The molecule has 2 N–H and O–H groups in total. The Kier molecular flexibility index (Phi) is 4.62. The largest absolute Gasteiger partial charge is 0.365 e. The molecule has 7 nitrogen and oxygen atoms in total. The highest BCUT2D eigenvalue weighted by Crippen LogP contribution is 2.17. The molecule has 2 aromatic rings. The van der Waals surface area contributed by atoms with E-state index in [9.17, 15) is 22.0 Å². The van der Waals surface area contributed by atoms with Crippen LogP contribution in [0.5, 0.6) is 0 Å². The molecule has 25 heavy (non-hydrogen) atoms. The highest BCUT2D eigenvalue weighted by molar-refractivity contribution is 7.91. The van der Waals surface area contributed by atoms with Gasteiger partial charge in [0.25, 0.3) is 5.91 Å². The molecule has 0 bridgehead atoms. The number of nitrogens with one attached hydrogen (secondary N) is 2. The lowest BCUT2D eigenvalue weighted by molar-refractivity contribution is 0.102. The maximum absolute atomic E-state index is 13.1. The molecule has 1 saturated heterocycles. The van der Waals surface area contributed by atoms with Gasteiger partial charge < -0.3 is 10.6 Å².